The van der Waals surface area contributed by atoms with E-state index in [0.29, 0.717) is 5.56 Å². The van der Waals surface area contributed by atoms with E-state index in [2.05, 4.69) is 39.2 Å². The minimum absolute atomic E-state index is 0.232. The van der Waals surface area contributed by atoms with Crippen molar-refractivity contribution in [1.82, 2.24) is 14.7 Å². The molecule has 0 spiro atoms. The molecule has 2 fully saturated rings. The van der Waals surface area contributed by atoms with Gasteiger partial charge in [-0.25, -0.2) is 9.07 Å². The lowest BCUT2D eigenvalue weighted by Gasteiger charge is -2.36. The molecule has 0 atom stereocenters. The Kier molecular flexibility index (Phi) is 4.17. The summed E-state index contributed by atoms with van der Waals surface area (Å²) in [6.07, 6.45) is 4.47. The molecule has 5 heteroatoms. The average molecular weight is 362 g/mol. The van der Waals surface area contributed by atoms with Crippen LogP contribution in [0.25, 0.3) is 16.9 Å². The molecular weight excluding hydrogens is 339 g/mol. The van der Waals surface area contributed by atoms with Crippen LogP contribution in [0.1, 0.15) is 12.8 Å². The van der Waals surface area contributed by atoms with E-state index in [1.807, 2.05) is 12.1 Å². The van der Waals surface area contributed by atoms with Gasteiger partial charge in [0.25, 0.3) is 0 Å². The molecule has 0 amide bonds. The van der Waals surface area contributed by atoms with E-state index < -0.39 is 0 Å². The van der Waals surface area contributed by atoms with Crippen molar-refractivity contribution in [2.45, 2.75) is 18.9 Å². The first kappa shape index (κ1) is 16.5. The highest BCUT2D eigenvalue weighted by atomic mass is 19.1. The van der Waals surface area contributed by atoms with E-state index in [1.165, 1.54) is 24.6 Å². The summed E-state index contributed by atoms with van der Waals surface area (Å²) in [6, 6.07) is 18.0. The number of halogens is 1. The highest BCUT2D eigenvalue weighted by Gasteiger charge is 2.31. The summed E-state index contributed by atoms with van der Waals surface area (Å²) in [7, 11) is 0. The summed E-state index contributed by atoms with van der Waals surface area (Å²) in [5, 5.41) is 4.41. The Labute approximate surface area is 158 Å². The van der Waals surface area contributed by atoms with Crippen molar-refractivity contribution >= 4 is 5.69 Å². The monoisotopic (exact) mass is 362 g/mol. The molecule has 1 saturated heterocycles. The number of anilines is 1. The Bertz CT molecular complexity index is 921. The third-order valence-electron chi connectivity index (χ3n) is 5.63. The molecular formula is C22H23FN4. The normalized spacial score (nSPS) is 18.0. The highest BCUT2D eigenvalue weighted by Crippen LogP contribution is 2.29. The topological polar surface area (TPSA) is 24.3 Å². The molecule has 2 aromatic carbocycles. The molecule has 1 aromatic heterocycles. The van der Waals surface area contributed by atoms with Crippen LogP contribution in [0, 0.1) is 5.82 Å². The van der Waals surface area contributed by atoms with Gasteiger partial charge in [0.15, 0.2) is 0 Å². The number of nitrogens with zero attached hydrogens (tertiary/aromatic N) is 4. The summed E-state index contributed by atoms with van der Waals surface area (Å²) in [5.41, 5.74) is 3.52. The fraction of sp³-hybridized carbons (Fsp3) is 0.318. The fourth-order valence-electron chi connectivity index (χ4n) is 3.97. The van der Waals surface area contributed by atoms with E-state index >= 15 is 0 Å². The van der Waals surface area contributed by atoms with Crippen molar-refractivity contribution in [1.29, 1.82) is 0 Å². The van der Waals surface area contributed by atoms with Crippen LogP contribution in [0.4, 0.5) is 10.1 Å². The van der Waals surface area contributed by atoms with Gasteiger partial charge in [0.1, 0.15) is 5.82 Å². The van der Waals surface area contributed by atoms with Gasteiger partial charge in [0.2, 0.25) is 0 Å². The van der Waals surface area contributed by atoms with Gasteiger partial charge >= 0.3 is 0 Å². The van der Waals surface area contributed by atoms with Crippen molar-refractivity contribution in [2.75, 3.05) is 31.1 Å². The van der Waals surface area contributed by atoms with Crippen LogP contribution < -0.4 is 4.90 Å². The van der Waals surface area contributed by atoms with Gasteiger partial charge in [-0.15, -0.1) is 0 Å². The van der Waals surface area contributed by atoms with Crippen LogP contribution in [0.2, 0.25) is 0 Å². The standard InChI is InChI=1S/C22H23FN4/c23-21-4-2-1-3-20(21)22-11-12-24-27(22)19-9-7-18(8-10-19)26-15-13-25(14-16-26)17-5-6-17/h1-4,7-12,17H,5-6,13-16H2. The second-order valence-electron chi connectivity index (χ2n) is 7.38. The SMILES string of the molecule is Fc1ccccc1-c1ccnn1-c1ccc(N2CCN(C3CC3)CC2)cc1. The number of benzene rings is 2. The van der Waals surface area contributed by atoms with Gasteiger partial charge in [-0.2, -0.15) is 5.10 Å². The fourth-order valence-corrected chi connectivity index (χ4v) is 3.97. The lowest BCUT2D eigenvalue weighted by atomic mass is 10.1. The molecule has 0 radical (unpaired) electrons. The summed E-state index contributed by atoms with van der Waals surface area (Å²) in [4.78, 5) is 5.07. The Morgan fingerprint density at radius 1 is 0.815 bits per heavy atom. The van der Waals surface area contributed by atoms with Crippen LogP contribution in [0.5, 0.6) is 0 Å². The lowest BCUT2D eigenvalue weighted by molar-refractivity contribution is 0.248. The molecule has 1 saturated carbocycles. The molecule has 5 rings (SSSR count). The van der Waals surface area contributed by atoms with E-state index in [4.69, 9.17) is 0 Å². The maximum Gasteiger partial charge on any atom is 0.132 e. The van der Waals surface area contributed by atoms with Crippen molar-refractivity contribution < 1.29 is 4.39 Å². The van der Waals surface area contributed by atoms with Crippen molar-refractivity contribution in [3.05, 3.63) is 66.6 Å². The van der Waals surface area contributed by atoms with Crippen LogP contribution in [-0.2, 0) is 0 Å². The first-order valence-electron chi connectivity index (χ1n) is 9.68. The molecule has 0 bridgehead atoms. The van der Waals surface area contributed by atoms with Gasteiger partial charge in [0, 0.05) is 43.5 Å². The Hall–Kier alpha value is -2.66. The third-order valence-corrected chi connectivity index (χ3v) is 5.63. The van der Waals surface area contributed by atoms with E-state index in [1.54, 1.807) is 23.0 Å². The van der Waals surface area contributed by atoms with Crippen LogP contribution in [0.3, 0.4) is 0 Å². The molecule has 3 aromatic rings. The first-order valence-corrected chi connectivity index (χ1v) is 9.68. The van der Waals surface area contributed by atoms with Crippen molar-refractivity contribution in [3.63, 3.8) is 0 Å². The predicted molar refractivity (Wildman–Crippen MR) is 106 cm³/mol. The molecule has 0 unspecified atom stereocenters. The van der Waals surface area contributed by atoms with Gasteiger partial charge in [0.05, 0.1) is 17.6 Å². The van der Waals surface area contributed by atoms with Gasteiger partial charge in [-0.1, -0.05) is 12.1 Å². The molecule has 0 N–H and O–H groups in total. The quantitative estimate of drug-likeness (QED) is 0.702. The number of aromatic nitrogens is 2. The minimum Gasteiger partial charge on any atom is -0.369 e. The second kappa shape index (κ2) is 6.82. The van der Waals surface area contributed by atoms with E-state index in [-0.39, 0.29) is 5.82 Å². The number of piperazine rings is 1. The van der Waals surface area contributed by atoms with Gasteiger partial charge in [-0.05, 0) is 55.3 Å². The second-order valence-corrected chi connectivity index (χ2v) is 7.38. The Morgan fingerprint density at radius 2 is 1.52 bits per heavy atom. The van der Waals surface area contributed by atoms with Crippen LogP contribution >= 0.6 is 0 Å². The maximum absolute atomic E-state index is 14.2. The van der Waals surface area contributed by atoms with Gasteiger partial charge in [-0.3, -0.25) is 4.90 Å². The summed E-state index contributed by atoms with van der Waals surface area (Å²) in [6.45, 7) is 4.47. The molecule has 2 aliphatic rings. The molecule has 2 heterocycles. The zero-order valence-electron chi connectivity index (χ0n) is 15.3. The molecule has 1 aliphatic carbocycles. The van der Waals surface area contributed by atoms with Crippen LogP contribution in [0.15, 0.2) is 60.8 Å². The first-order chi connectivity index (χ1) is 13.3. The predicted octanol–water partition coefficient (Wildman–Crippen LogP) is 3.96. The van der Waals surface area contributed by atoms with Crippen molar-refractivity contribution in [2.24, 2.45) is 0 Å². The van der Waals surface area contributed by atoms with E-state index in [9.17, 15) is 4.39 Å². The number of rotatable bonds is 4. The van der Waals surface area contributed by atoms with Crippen molar-refractivity contribution in [3.8, 4) is 16.9 Å². The molecule has 27 heavy (non-hydrogen) atoms. The Morgan fingerprint density at radius 3 is 2.22 bits per heavy atom. The third kappa shape index (κ3) is 3.23. The summed E-state index contributed by atoms with van der Waals surface area (Å²) < 4.78 is 16.0. The number of hydrogen-bond acceptors (Lipinski definition) is 3. The summed E-state index contributed by atoms with van der Waals surface area (Å²) >= 11 is 0. The Balaban J connectivity index is 1.36. The van der Waals surface area contributed by atoms with Gasteiger partial charge < -0.3 is 4.90 Å². The zero-order chi connectivity index (χ0) is 18.2. The number of hydrogen-bond donors (Lipinski definition) is 0. The zero-order valence-corrected chi connectivity index (χ0v) is 15.3. The average Bonchev–Trinajstić information content (AvgIpc) is 3.46. The maximum atomic E-state index is 14.2. The van der Waals surface area contributed by atoms with E-state index in [0.717, 1.165) is 43.6 Å². The summed E-state index contributed by atoms with van der Waals surface area (Å²) in [5.74, 6) is -0.232. The smallest absolute Gasteiger partial charge is 0.132 e. The molecule has 4 nitrogen and oxygen atoms in total. The molecule has 1 aliphatic heterocycles. The largest absolute Gasteiger partial charge is 0.369 e. The van der Waals surface area contributed by atoms with Crippen LogP contribution in [-0.4, -0.2) is 46.9 Å². The molecule has 138 valence electrons. The lowest BCUT2D eigenvalue weighted by Crippen LogP contribution is -2.47. The highest BCUT2D eigenvalue weighted by molar-refractivity contribution is 5.63. The minimum atomic E-state index is -0.232.